The number of likely N-dealkylation sites (tertiary alicyclic amines) is 1. The molecule has 1 aliphatic rings. The molecule has 8 heteroatoms. The largest absolute Gasteiger partial charge is 0.357 e. The Morgan fingerprint density at radius 3 is 2.72 bits per heavy atom. The van der Waals surface area contributed by atoms with Crippen LogP contribution in [0.1, 0.15) is 29.9 Å². The van der Waals surface area contributed by atoms with Gasteiger partial charge in [0.2, 0.25) is 5.91 Å². The highest BCUT2D eigenvalue weighted by atomic mass is 16.2. The highest BCUT2D eigenvalue weighted by molar-refractivity contribution is 5.92. The van der Waals surface area contributed by atoms with E-state index in [-0.39, 0.29) is 18.4 Å². The summed E-state index contributed by atoms with van der Waals surface area (Å²) >= 11 is 0. The van der Waals surface area contributed by atoms with Gasteiger partial charge in [0.25, 0.3) is 5.91 Å². The highest BCUT2D eigenvalue weighted by Crippen LogP contribution is 2.38. The van der Waals surface area contributed by atoms with Crippen LogP contribution in [0.15, 0.2) is 24.7 Å². The first-order valence-corrected chi connectivity index (χ1v) is 8.29. The summed E-state index contributed by atoms with van der Waals surface area (Å²) in [7, 11) is 1.57. The van der Waals surface area contributed by atoms with Gasteiger partial charge in [0, 0.05) is 31.7 Å². The molecule has 2 amide bonds. The molecule has 1 atom stereocenters. The van der Waals surface area contributed by atoms with Gasteiger partial charge in [-0.15, -0.1) is 0 Å². The Bertz CT molecular complexity index is 788. The second kappa shape index (κ2) is 6.62. The van der Waals surface area contributed by atoms with Crippen LogP contribution in [0.2, 0.25) is 0 Å². The van der Waals surface area contributed by atoms with Gasteiger partial charge in [0.1, 0.15) is 6.54 Å². The molecule has 1 N–H and O–H groups in total. The van der Waals surface area contributed by atoms with Crippen LogP contribution in [0, 0.1) is 13.8 Å². The summed E-state index contributed by atoms with van der Waals surface area (Å²) in [5, 5.41) is 7.04. The summed E-state index contributed by atoms with van der Waals surface area (Å²) in [6.07, 6.45) is 5.91. The van der Waals surface area contributed by atoms with Crippen molar-refractivity contribution in [2.75, 3.05) is 13.6 Å². The summed E-state index contributed by atoms with van der Waals surface area (Å²) in [5.41, 5.74) is 1.15. The van der Waals surface area contributed by atoms with Crippen molar-refractivity contribution in [2.45, 2.75) is 38.8 Å². The van der Waals surface area contributed by atoms with Gasteiger partial charge in [0.05, 0.1) is 17.6 Å². The summed E-state index contributed by atoms with van der Waals surface area (Å²) in [6.45, 7) is 4.39. The first-order valence-electron chi connectivity index (χ1n) is 8.29. The number of nitrogens with zero attached hydrogens (tertiary/aromatic N) is 5. The molecule has 3 rings (SSSR count). The van der Waals surface area contributed by atoms with E-state index in [0.29, 0.717) is 18.7 Å². The van der Waals surface area contributed by atoms with E-state index in [1.807, 2.05) is 19.9 Å². The Labute approximate surface area is 146 Å². The molecule has 25 heavy (non-hydrogen) atoms. The molecule has 1 unspecified atom stereocenters. The number of hydrogen-bond acceptors (Lipinski definition) is 5. The maximum absolute atomic E-state index is 13.0. The second-order valence-corrected chi connectivity index (χ2v) is 6.26. The lowest BCUT2D eigenvalue weighted by Gasteiger charge is -2.36. The summed E-state index contributed by atoms with van der Waals surface area (Å²) < 4.78 is 1.67. The number of nitrogens with one attached hydrogen (secondary N) is 1. The molecule has 0 aromatic carbocycles. The minimum Gasteiger partial charge on any atom is -0.357 e. The van der Waals surface area contributed by atoms with Crippen LogP contribution < -0.4 is 5.32 Å². The molecule has 0 bridgehead atoms. The average molecular weight is 342 g/mol. The third kappa shape index (κ3) is 2.88. The van der Waals surface area contributed by atoms with E-state index >= 15 is 0 Å². The molecular weight excluding hydrogens is 320 g/mol. The van der Waals surface area contributed by atoms with Crippen LogP contribution in [-0.2, 0) is 21.7 Å². The van der Waals surface area contributed by atoms with E-state index in [4.69, 9.17) is 0 Å². The van der Waals surface area contributed by atoms with Crippen molar-refractivity contribution in [1.82, 2.24) is 30.0 Å². The lowest BCUT2D eigenvalue weighted by atomic mass is 9.90. The molecule has 1 aliphatic heterocycles. The zero-order chi connectivity index (χ0) is 18.0. The third-order valence-corrected chi connectivity index (χ3v) is 4.66. The molecule has 0 saturated carbocycles. The fourth-order valence-corrected chi connectivity index (χ4v) is 3.54. The second-order valence-electron chi connectivity index (χ2n) is 6.26. The number of carbonyl (C=O) groups is 2. The maximum Gasteiger partial charge on any atom is 0.252 e. The number of rotatable bonds is 4. The van der Waals surface area contributed by atoms with Crippen molar-refractivity contribution >= 4 is 11.8 Å². The normalized spacial score (nSPS) is 19.9. The lowest BCUT2D eigenvalue weighted by Crippen LogP contribution is -2.55. The Morgan fingerprint density at radius 1 is 1.32 bits per heavy atom. The SMILES string of the molecule is CNC(=O)C1(c2cnccn2)CCCN1C(=O)Cn1nc(C)cc1C. The van der Waals surface area contributed by atoms with Gasteiger partial charge in [-0.3, -0.25) is 24.2 Å². The number of amides is 2. The quantitative estimate of drug-likeness (QED) is 0.876. The van der Waals surface area contributed by atoms with E-state index in [0.717, 1.165) is 17.8 Å². The monoisotopic (exact) mass is 342 g/mol. The number of carbonyl (C=O) groups excluding carboxylic acids is 2. The van der Waals surface area contributed by atoms with Crippen molar-refractivity contribution in [2.24, 2.45) is 0 Å². The van der Waals surface area contributed by atoms with Crippen LogP contribution in [0.4, 0.5) is 0 Å². The molecule has 1 fully saturated rings. The molecular formula is C17H22N6O2. The van der Waals surface area contributed by atoms with Crippen molar-refractivity contribution in [1.29, 1.82) is 0 Å². The van der Waals surface area contributed by atoms with Gasteiger partial charge in [-0.05, 0) is 32.8 Å². The molecule has 2 aromatic rings. The predicted molar refractivity (Wildman–Crippen MR) is 90.4 cm³/mol. The first kappa shape index (κ1) is 17.1. The minimum absolute atomic E-state index is 0.0959. The molecule has 1 saturated heterocycles. The van der Waals surface area contributed by atoms with Gasteiger partial charge in [-0.2, -0.15) is 5.10 Å². The smallest absolute Gasteiger partial charge is 0.252 e. The van der Waals surface area contributed by atoms with Crippen LogP contribution in [-0.4, -0.2) is 50.1 Å². The first-order chi connectivity index (χ1) is 12.0. The van der Waals surface area contributed by atoms with E-state index in [2.05, 4.69) is 20.4 Å². The van der Waals surface area contributed by atoms with Gasteiger partial charge in [-0.1, -0.05) is 0 Å². The van der Waals surface area contributed by atoms with Crippen molar-refractivity contribution in [3.63, 3.8) is 0 Å². The third-order valence-electron chi connectivity index (χ3n) is 4.66. The summed E-state index contributed by atoms with van der Waals surface area (Å²) in [4.78, 5) is 35.8. The number of aryl methyl sites for hydroxylation is 2. The Kier molecular flexibility index (Phi) is 4.52. The zero-order valence-electron chi connectivity index (χ0n) is 14.7. The average Bonchev–Trinajstić information content (AvgIpc) is 3.19. The van der Waals surface area contributed by atoms with Crippen molar-refractivity contribution in [3.05, 3.63) is 41.7 Å². The lowest BCUT2D eigenvalue weighted by molar-refractivity contribution is -0.146. The molecule has 3 heterocycles. The van der Waals surface area contributed by atoms with Crippen molar-refractivity contribution in [3.8, 4) is 0 Å². The fourth-order valence-electron chi connectivity index (χ4n) is 3.54. The van der Waals surface area contributed by atoms with Crippen LogP contribution in [0.5, 0.6) is 0 Å². The van der Waals surface area contributed by atoms with Gasteiger partial charge < -0.3 is 10.2 Å². The molecule has 0 spiro atoms. The zero-order valence-corrected chi connectivity index (χ0v) is 14.7. The Hall–Kier alpha value is -2.77. The number of hydrogen-bond donors (Lipinski definition) is 1. The number of likely N-dealkylation sites (N-methyl/N-ethyl adjacent to an activating group) is 1. The predicted octanol–water partition coefficient (Wildman–Crippen LogP) is 0.554. The number of aromatic nitrogens is 4. The Morgan fingerprint density at radius 2 is 2.12 bits per heavy atom. The van der Waals surface area contributed by atoms with E-state index in [1.165, 1.54) is 0 Å². The van der Waals surface area contributed by atoms with Crippen LogP contribution >= 0.6 is 0 Å². The van der Waals surface area contributed by atoms with Gasteiger partial charge in [-0.25, -0.2) is 0 Å². The van der Waals surface area contributed by atoms with E-state index in [9.17, 15) is 9.59 Å². The summed E-state index contributed by atoms with van der Waals surface area (Å²) in [5.74, 6) is -0.398. The van der Waals surface area contributed by atoms with Crippen molar-refractivity contribution < 1.29 is 9.59 Å². The molecule has 0 aliphatic carbocycles. The fraction of sp³-hybridized carbons (Fsp3) is 0.471. The minimum atomic E-state index is -1.11. The van der Waals surface area contributed by atoms with Crippen LogP contribution in [0.25, 0.3) is 0 Å². The van der Waals surface area contributed by atoms with Gasteiger partial charge >= 0.3 is 0 Å². The molecule has 8 nitrogen and oxygen atoms in total. The Balaban J connectivity index is 1.97. The van der Waals surface area contributed by atoms with E-state index in [1.54, 1.807) is 35.2 Å². The van der Waals surface area contributed by atoms with Crippen LogP contribution in [0.3, 0.4) is 0 Å². The highest BCUT2D eigenvalue weighted by Gasteiger charge is 2.52. The summed E-state index contributed by atoms with van der Waals surface area (Å²) in [6, 6.07) is 1.92. The molecule has 2 aromatic heterocycles. The maximum atomic E-state index is 13.0. The topological polar surface area (TPSA) is 93.0 Å². The standard InChI is InChI=1S/C17H22N6O2/c1-12-9-13(2)23(21-12)11-15(24)22-8-4-5-17(22,16(25)18-3)14-10-19-6-7-20-14/h6-7,9-10H,4-5,8,11H2,1-3H3,(H,18,25). The molecule has 132 valence electrons. The van der Waals surface area contributed by atoms with Gasteiger partial charge in [0.15, 0.2) is 5.54 Å². The van der Waals surface area contributed by atoms with E-state index < -0.39 is 5.54 Å². The molecule has 0 radical (unpaired) electrons.